The average molecular weight is 382 g/mol. The van der Waals surface area contributed by atoms with Crippen molar-refractivity contribution < 1.29 is 18.7 Å². The van der Waals surface area contributed by atoms with Crippen LogP contribution in [0.3, 0.4) is 0 Å². The molecule has 8 heteroatoms. The molecule has 4 aromatic rings. The fourth-order valence-electron chi connectivity index (χ4n) is 3.29. The highest BCUT2D eigenvalue weighted by Crippen LogP contribution is 2.24. The van der Waals surface area contributed by atoms with Gasteiger partial charge in [0.25, 0.3) is 0 Å². The molecule has 2 aromatic heterocycles. The molecule has 1 N–H and O–H groups in total. The zero-order valence-electron chi connectivity index (χ0n) is 14.9. The maximum atomic E-state index is 14.2. The van der Waals surface area contributed by atoms with Crippen molar-refractivity contribution in [1.82, 2.24) is 19.1 Å². The number of aromatic carboxylic acids is 1. The van der Waals surface area contributed by atoms with Crippen molar-refractivity contribution in [3.63, 3.8) is 0 Å². The average Bonchev–Trinajstić information content (AvgIpc) is 3.27. The Balaban J connectivity index is 1.78. The molecule has 0 fully saturated rings. The minimum Gasteiger partial charge on any atom is -0.478 e. The summed E-state index contributed by atoms with van der Waals surface area (Å²) in [4.78, 5) is 19.9. The molecule has 0 saturated heterocycles. The lowest BCUT2D eigenvalue weighted by Crippen LogP contribution is -2.09. The van der Waals surface area contributed by atoms with Gasteiger partial charge in [-0.2, -0.15) is 0 Å². The normalized spacial score (nSPS) is 11.2. The molecule has 0 spiro atoms. The van der Waals surface area contributed by atoms with Gasteiger partial charge in [-0.1, -0.05) is 0 Å². The maximum Gasteiger partial charge on any atom is 0.335 e. The van der Waals surface area contributed by atoms with E-state index in [1.54, 1.807) is 16.8 Å². The number of imidazole rings is 2. The molecule has 0 aliphatic rings. The number of rotatable bonds is 5. The second-order valence-electron chi connectivity index (χ2n) is 6.28. The van der Waals surface area contributed by atoms with E-state index in [9.17, 15) is 18.7 Å². The molecule has 0 aliphatic carbocycles. The van der Waals surface area contributed by atoms with E-state index < -0.39 is 17.6 Å². The molecule has 142 valence electrons. The van der Waals surface area contributed by atoms with Gasteiger partial charge in [0, 0.05) is 18.9 Å². The predicted molar refractivity (Wildman–Crippen MR) is 99.0 cm³/mol. The van der Waals surface area contributed by atoms with Gasteiger partial charge < -0.3 is 14.2 Å². The first-order valence-corrected chi connectivity index (χ1v) is 8.67. The molecule has 28 heavy (non-hydrogen) atoms. The molecule has 0 aliphatic heterocycles. The molecule has 0 radical (unpaired) electrons. The zero-order valence-corrected chi connectivity index (χ0v) is 14.9. The lowest BCUT2D eigenvalue weighted by molar-refractivity contribution is 0.0697. The Kier molecular flexibility index (Phi) is 4.38. The van der Waals surface area contributed by atoms with Gasteiger partial charge in [-0.25, -0.2) is 23.5 Å². The molecular formula is C20H16F2N4O2. The van der Waals surface area contributed by atoms with Crippen molar-refractivity contribution in [3.8, 4) is 11.4 Å². The molecule has 0 bridgehead atoms. The van der Waals surface area contributed by atoms with E-state index in [1.807, 2.05) is 11.5 Å². The first-order chi connectivity index (χ1) is 13.5. The summed E-state index contributed by atoms with van der Waals surface area (Å²) in [5, 5.41) is 9.18. The van der Waals surface area contributed by atoms with E-state index in [1.165, 1.54) is 18.3 Å². The molecule has 0 unspecified atom stereocenters. The number of fused-ring (bicyclic) bond motifs is 1. The van der Waals surface area contributed by atoms with Crippen molar-refractivity contribution in [3.05, 3.63) is 71.8 Å². The number of nitrogens with zero attached hydrogens (tertiary/aromatic N) is 4. The van der Waals surface area contributed by atoms with E-state index in [4.69, 9.17) is 0 Å². The van der Waals surface area contributed by atoms with Gasteiger partial charge in [0.1, 0.15) is 23.3 Å². The second kappa shape index (κ2) is 6.88. The van der Waals surface area contributed by atoms with Crippen LogP contribution >= 0.6 is 0 Å². The number of hydrogen-bond acceptors (Lipinski definition) is 3. The zero-order chi connectivity index (χ0) is 19.8. The third-order valence-corrected chi connectivity index (χ3v) is 4.59. The summed E-state index contributed by atoms with van der Waals surface area (Å²) in [7, 11) is 0. The van der Waals surface area contributed by atoms with Gasteiger partial charge >= 0.3 is 5.97 Å². The highest BCUT2D eigenvalue weighted by molar-refractivity contribution is 5.92. The Morgan fingerprint density at radius 1 is 1.18 bits per heavy atom. The second-order valence-corrected chi connectivity index (χ2v) is 6.28. The molecule has 4 rings (SSSR count). The topological polar surface area (TPSA) is 72.9 Å². The van der Waals surface area contributed by atoms with E-state index in [2.05, 4.69) is 9.97 Å². The van der Waals surface area contributed by atoms with Crippen LogP contribution in [0.2, 0.25) is 0 Å². The molecule has 2 aromatic carbocycles. The van der Waals surface area contributed by atoms with Crippen LogP contribution in [0.1, 0.15) is 23.1 Å². The van der Waals surface area contributed by atoms with E-state index in [0.29, 0.717) is 17.9 Å². The summed E-state index contributed by atoms with van der Waals surface area (Å²) in [5.74, 6) is -1.18. The molecule has 0 saturated carbocycles. The number of halogens is 2. The van der Waals surface area contributed by atoms with Crippen LogP contribution in [0.15, 0.2) is 48.8 Å². The van der Waals surface area contributed by atoms with Crippen LogP contribution in [0, 0.1) is 11.6 Å². The maximum absolute atomic E-state index is 14.2. The van der Waals surface area contributed by atoms with Crippen LogP contribution in [-0.4, -0.2) is 30.2 Å². The van der Waals surface area contributed by atoms with Crippen LogP contribution < -0.4 is 0 Å². The Bertz CT molecular complexity index is 1200. The predicted octanol–water partition coefficient (Wildman–Crippen LogP) is 3.94. The van der Waals surface area contributed by atoms with Crippen molar-refractivity contribution in [2.24, 2.45) is 0 Å². The first kappa shape index (κ1) is 17.8. The van der Waals surface area contributed by atoms with E-state index in [0.717, 1.165) is 23.7 Å². The standard InChI is InChI=1S/C20H16F2N4O2/c1-2-26-17-6-3-12(20(27)28)9-16(17)24-18(26)11-25-8-7-23-19(25)14-10-13(21)4-5-15(14)22/h3-10H,2,11H2,1H3,(H,27,28). The molecule has 0 atom stereocenters. The van der Waals surface area contributed by atoms with Gasteiger partial charge in [-0.05, 0) is 43.3 Å². The largest absolute Gasteiger partial charge is 0.478 e. The van der Waals surface area contributed by atoms with Crippen molar-refractivity contribution in [2.45, 2.75) is 20.0 Å². The van der Waals surface area contributed by atoms with Crippen LogP contribution in [0.4, 0.5) is 8.78 Å². The summed E-state index contributed by atoms with van der Waals surface area (Å²) in [6.07, 6.45) is 3.18. The smallest absolute Gasteiger partial charge is 0.335 e. The van der Waals surface area contributed by atoms with Gasteiger partial charge in [0.05, 0.1) is 28.7 Å². The number of carboxylic acid groups (broad SMARTS) is 1. The van der Waals surface area contributed by atoms with E-state index >= 15 is 0 Å². The highest BCUT2D eigenvalue weighted by Gasteiger charge is 2.16. The Morgan fingerprint density at radius 3 is 2.75 bits per heavy atom. The SMILES string of the molecule is CCn1c(Cn2ccnc2-c2cc(F)ccc2F)nc2cc(C(=O)O)ccc21. The van der Waals surface area contributed by atoms with Crippen LogP contribution in [0.25, 0.3) is 22.4 Å². The van der Waals surface area contributed by atoms with Crippen molar-refractivity contribution in [1.29, 1.82) is 0 Å². The molecule has 0 amide bonds. The number of benzene rings is 2. The summed E-state index contributed by atoms with van der Waals surface area (Å²) in [5.41, 5.74) is 1.60. The van der Waals surface area contributed by atoms with Crippen LogP contribution in [0.5, 0.6) is 0 Å². The first-order valence-electron chi connectivity index (χ1n) is 8.67. The number of carbonyl (C=O) groups is 1. The number of hydrogen-bond donors (Lipinski definition) is 1. The molecule has 6 nitrogen and oxygen atoms in total. The summed E-state index contributed by atoms with van der Waals surface area (Å²) in [6.45, 7) is 2.85. The lowest BCUT2D eigenvalue weighted by Gasteiger charge is -2.10. The monoisotopic (exact) mass is 382 g/mol. The van der Waals surface area contributed by atoms with Gasteiger partial charge in [0.2, 0.25) is 0 Å². The lowest BCUT2D eigenvalue weighted by atomic mass is 10.2. The summed E-state index contributed by atoms with van der Waals surface area (Å²) >= 11 is 0. The minimum atomic E-state index is -1.02. The third kappa shape index (κ3) is 3.02. The fraction of sp³-hybridized carbons (Fsp3) is 0.150. The molecule has 2 heterocycles. The number of aromatic nitrogens is 4. The highest BCUT2D eigenvalue weighted by atomic mass is 19.1. The van der Waals surface area contributed by atoms with Gasteiger partial charge in [-0.15, -0.1) is 0 Å². The summed E-state index contributed by atoms with van der Waals surface area (Å²) < 4.78 is 31.4. The Labute approximate surface area is 158 Å². The van der Waals surface area contributed by atoms with Crippen molar-refractivity contribution >= 4 is 17.0 Å². The number of aryl methyl sites for hydroxylation is 1. The summed E-state index contributed by atoms with van der Waals surface area (Å²) in [6, 6.07) is 8.01. The Morgan fingerprint density at radius 2 is 2.00 bits per heavy atom. The minimum absolute atomic E-state index is 0.0670. The van der Waals surface area contributed by atoms with E-state index in [-0.39, 0.29) is 23.5 Å². The fourth-order valence-corrected chi connectivity index (χ4v) is 3.29. The van der Waals surface area contributed by atoms with Gasteiger partial charge in [0.15, 0.2) is 0 Å². The van der Waals surface area contributed by atoms with Crippen molar-refractivity contribution in [2.75, 3.05) is 0 Å². The molecular weight excluding hydrogens is 366 g/mol. The van der Waals surface area contributed by atoms with Gasteiger partial charge in [-0.3, -0.25) is 0 Å². The quantitative estimate of drug-likeness (QED) is 0.567. The Hall–Kier alpha value is -3.55. The third-order valence-electron chi connectivity index (χ3n) is 4.59. The number of carboxylic acids is 1. The van der Waals surface area contributed by atoms with Crippen LogP contribution in [-0.2, 0) is 13.1 Å².